The monoisotopic (exact) mass is 1890 g/mol. The van der Waals surface area contributed by atoms with Gasteiger partial charge in [0.05, 0.1) is 47.2 Å². The molecule has 0 fully saturated rings. The molecule has 0 N–H and O–H groups in total. The van der Waals surface area contributed by atoms with E-state index in [9.17, 15) is 0 Å². The van der Waals surface area contributed by atoms with E-state index < -0.39 is 0 Å². The summed E-state index contributed by atoms with van der Waals surface area (Å²) in [6, 6.07) is 165. The SMILES string of the molecule is c1ccc(-c2ccc(-c3nc(-c4cccc(-c5cc6c7ccccc7n(-c7cccc(-c8nc(-c9ccccc9)nc(-c9ccccc9)n8)c7)c6c6sc7ccccc7c56)c4)nc(-c4cccc(-n5c6ccccc6c6c(-c7ccc(-c8nc(-c9cccc(-c%10ccccc%10)c9)nc(-c9cccc(-n%10c%11ccccc%11c%11ccc%12c%13ccccc%13sc%12c%11%10)c9)n8)cc7)cc7c8ccccc8sc7c65)c4)n3)cc2)cc1. The molecule has 0 unspecified atom stereocenters. The number of para-hydroxylation sites is 3. The van der Waals surface area contributed by atoms with Gasteiger partial charge in [-0.25, -0.2) is 44.9 Å². The summed E-state index contributed by atoms with van der Waals surface area (Å²) in [5.74, 6) is 5.15. The Morgan fingerprint density at radius 2 is 0.431 bits per heavy atom. The highest BCUT2D eigenvalue weighted by atomic mass is 32.1. The van der Waals surface area contributed by atoms with Gasteiger partial charge in [0, 0.05) is 146 Å². The van der Waals surface area contributed by atoms with Gasteiger partial charge in [0.1, 0.15) is 0 Å². The van der Waals surface area contributed by atoms with Gasteiger partial charge < -0.3 is 13.7 Å². The van der Waals surface area contributed by atoms with Crippen molar-refractivity contribution in [1.29, 1.82) is 0 Å². The Balaban J connectivity index is 0.565. The van der Waals surface area contributed by atoms with Crippen LogP contribution in [0.25, 0.3) is 290 Å². The van der Waals surface area contributed by atoms with E-state index in [1.807, 2.05) is 70.4 Å². The zero-order chi connectivity index (χ0) is 94.6. The Hall–Kier alpha value is -18.5. The Labute approximate surface area is 837 Å². The summed E-state index contributed by atoms with van der Waals surface area (Å²) in [6.07, 6.45) is 0. The van der Waals surface area contributed by atoms with E-state index in [4.69, 9.17) is 44.9 Å². The van der Waals surface area contributed by atoms with Crippen molar-refractivity contribution in [2.45, 2.75) is 0 Å². The third-order valence-electron chi connectivity index (χ3n) is 28.2. The van der Waals surface area contributed by atoms with Gasteiger partial charge in [-0.2, -0.15) is 0 Å². The number of rotatable bonds is 16. The Morgan fingerprint density at radius 3 is 0.924 bits per heavy atom. The summed E-state index contributed by atoms with van der Waals surface area (Å²) < 4.78 is 14.6. The van der Waals surface area contributed by atoms with Crippen LogP contribution in [0.4, 0.5) is 0 Å². The van der Waals surface area contributed by atoms with Crippen LogP contribution in [0.3, 0.4) is 0 Å². The van der Waals surface area contributed by atoms with Gasteiger partial charge in [0.15, 0.2) is 52.4 Å². The average Bonchev–Trinajstić information content (AvgIpc) is 1.55. The van der Waals surface area contributed by atoms with Crippen LogP contribution in [0.5, 0.6) is 0 Å². The maximum Gasteiger partial charge on any atom is 0.164 e. The van der Waals surface area contributed by atoms with Crippen molar-refractivity contribution in [3.8, 4) is 164 Å². The molecular weight excluding hydrogens is 1810 g/mol. The second kappa shape index (κ2) is 33.7. The van der Waals surface area contributed by atoms with Crippen LogP contribution in [0, 0.1) is 0 Å². The normalized spacial score (nSPS) is 11.9. The van der Waals surface area contributed by atoms with E-state index in [1.165, 1.54) is 76.8 Å². The van der Waals surface area contributed by atoms with Crippen LogP contribution in [0.15, 0.2) is 461 Å². The first-order valence-corrected chi connectivity index (χ1v) is 50.6. The molecule has 9 heterocycles. The molecule has 0 aliphatic heterocycles. The molecule has 0 saturated carbocycles. The van der Waals surface area contributed by atoms with Crippen molar-refractivity contribution >= 4 is 160 Å². The second-order valence-corrected chi connectivity index (χ2v) is 39.7. The summed E-state index contributed by atoms with van der Waals surface area (Å²) >= 11 is 5.52. The molecule has 144 heavy (non-hydrogen) atoms. The fraction of sp³-hybridized carbons (Fsp3) is 0. The maximum atomic E-state index is 5.65. The minimum absolute atomic E-state index is 0.538. The number of nitrogens with zero attached hydrogens (tertiary/aromatic N) is 12. The predicted octanol–water partition coefficient (Wildman–Crippen LogP) is 34.3. The van der Waals surface area contributed by atoms with Crippen LogP contribution in [-0.4, -0.2) is 58.6 Å². The van der Waals surface area contributed by atoms with Crippen molar-refractivity contribution in [2.24, 2.45) is 0 Å². The number of thiophene rings is 3. The molecule has 0 spiro atoms. The highest BCUT2D eigenvalue weighted by molar-refractivity contribution is 7.27. The van der Waals surface area contributed by atoms with E-state index >= 15 is 0 Å². The van der Waals surface area contributed by atoms with E-state index in [0.29, 0.717) is 52.4 Å². The zero-order valence-electron chi connectivity index (χ0n) is 77.0. The minimum atomic E-state index is 0.538. The molecule has 29 aromatic rings. The van der Waals surface area contributed by atoms with Crippen LogP contribution in [0.1, 0.15) is 0 Å². The molecule has 670 valence electrons. The molecule has 29 rings (SSSR count). The fourth-order valence-electron chi connectivity index (χ4n) is 21.5. The van der Waals surface area contributed by atoms with Gasteiger partial charge in [0.25, 0.3) is 0 Å². The molecule has 0 bridgehead atoms. The average molecular weight is 1890 g/mol. The lowest BCUT2D eigenvalue weighted by Crippen LogP contribution is -2.01. The van der Waals surface area contributed by atoms with E-state index in [0.717, 1.165) is 161 Å². The van der Waals surface area contributed by atoms with Crippen molar-refractivity contribution in [2.75, 3.05) is 0 Å². The number of hydrogen-bond donors (Lipinski definition) is 0. The quantitative estimate of drug-likeness (QED) is 0.0928. The smallest absolute Gasteiger partial charge is 0.164 e. The summed E-state index contributed by atoms with van der Waals surface area (Å²) in [5.41, 5.74) is 26.2. The molecule has 9 aromatic heterocycles. The summed E-state index contributed by atoms with van der Waals surface area (Å²) in [6.45, 7) is 0. The number of fused-ring (bicyclic) bond motifs is 21. The van der Waals surface area contributed by atoms with Crippen molar-refractivity contribution < 1.29 is 0 Å². The molecule has 0 amide bonds. The van der Waals surface area contributed by atoms with E-state index in [2.05, 4.69) is 438 Å². The van der Waals surface area contributed by atoms with Gasteiger partial charge in [-0.15, -0.1) is 34.0 Å². The highest BCUT2D eigenvalue weighted by Crippen LogP contribution is 2.53. The summed E-state index contributed by atoms with van der Waals surface area (Å²) in [5, 5.41) is 14.2. The molecule has 0 aliphatic carbocycles. The third-order valence-corrected chi connectivity index (χ3v) is 31.7. The number of aromatic nitrogens is 12. The molecule has 15 heteroatoms. The molecule has 0 atom stereocenters. The van der Waals surface area contributed by atoms with Crippen molar-refractivity contribution in [1.82, 2.24) is 58.6 Å². The molecule has 12 nitrogen and oxygen atoms in total. The zero-order valence-corrected chi connectivity index (χ0v) is 79.4. The molecule has 20 aromatic carbocycles. The fourth-order valence-corrected chi connectivity index (χ4v) is 25.2. The lowest BCUT2D eigenvalue weighted by molar-refractivity contribution is 1.07. The van der Waals surface area contributed by atoms with Crippen LogP contribution in [-0.2, 0) is 0 Å². The van der Waals surface area contributed by atoms with Gasteiger partial charge >= 0.3 is 0 Å². The predicted molar refractivity (Wildman–Crippen MR) is 599 cm³/mol. The molecule has 0 aliphatic rings. The van der Waals surface area contributed by atoms with Gasteiger partial charge in [0.2, 0.25) is 0 Å². The molecule has 0 radical (unpaired) electrons. The van der Waals surface area contributed by atoms with E-state index in [-0.39, 0.29) is 0 Å². The molecular formula is C129H76N12S3. The lowest BCUT2D eigenvalue weighted by Gasteiger charge is -2.14. The van der Waals surface area contributed by atoms with Gasteiger partial charge in [-0.1, -0.05) is 364 Å². The maximum absolute atomic E-state index is 5.65. The first kappa shape index (κ1) is 82.6. The second-order valence-electron chi connectivity index (χ2n) is 36.6. The lowest BCUT2D eigenvalue weighted by atomic mass is 9.95. The summed E-state index contributed by atoms with van der Waals surface area (Å²) in [7, 11) is 0. The largest absolute Gasteiger partial charge is 0.308 e. The molecule has 0 saturated heterocycles. The third kappa shape index (κ3) is 13.8. The minimum Gasteiger partial charge on any atom is -0.308 e. The number of hydrogen-bond acceptors (Lipinski definition) is 12. The Morgan fingerprint density at radius 1 is 0.146 bits per heavy atom. The summed E-state index contributed by atoms with van der Waals surface area (Å²) in [4.78, 5) is 48.6. The highest BCUT2D eigenvalue weighted by Gasteiger charge is 2.29. The Kier molecular flexibility index (Phi) is 19.3. The van der Waals surface area contributed by atoms with Crippen molar-refractivity contribution in [3.05, 3.63) is 461 Å². The van der Waals surface area contributed by atoms with Gasteiger partial charge in [-0.3, -0.25) is 0 Å². The number of benzene rings is 20. The first-order valence-electron chi connectivity index (χ1n) is 48.2. The van der Waals surface area contributed by atoms with Gasteiger partial charge in [-0.05, 0) is 142 Å². The van der Waals surface area contributed by atoms with Crippen LogP contribution in [0.2, 0.25) is 0 Å². The van der Waals surface area contributed by atoms with Crippen molar-refractivity contribution in [3.63, 3.8) is 0 Å². The van der Waals surface area contributed by atoms with E-state index in [1.54, 1.807) is 0 Å². The van der Waals surface area contributed by atoms with Crippen LogP contribution < -0.4 is 0 Å². The van der Waals surface area contributed by atoms with Crippen LogP contribution >= 0.6 is 34.0 Å². The standard InChI is InChI=1S/C129H76N12S3/c1-5-30-77(31-6-1)79-60-64-83(65-61-79)123-134-126(88-41-26-39-86(71-88)104-75-105-96-49-14-20-55-108(96)140(116(105)120-114(104)102-53-18-24-59-112(102)144-120)93-46-28-42-89(73-93)127-131-121(81-34-9-3-10-35-81)130-122(132-127)82-36-11-4-12-37-82)138-129(135-123)91-44-29-47-94(74-91)141-109-56-21-15-52-101(109)113-103(76-106-98-51-17-23-58-111(98)143-119(106)117(113)141)80-62-66-84(67-63-80)124-133-125(87-40-25-38-85(70-87)78-32-7-2-8-33-78)137-128(136-124)90-43-27-45-92(72-90)139-107-54-19-13-48-95(107)99-68-69-100-97-50-16-22-57-110(97)142-118(100)115(99)139/h1-76H. The first-order chi connectivity index (χ1) is 71.3. The topological polar surface area (TPSA) is 131 Å². The Bertz CT molecular complexity index is 10200.